The minimum Gasteiger partial charge on any atom is -0.344 e. The minimum atomic E-state index is -0.166. The fraction of sp³-hybridized carbons (Fsp3) is 0.733. The average molecular weight is 336 g/mol. The van der Waals surface area contributed by atoms with Gasteiger partial charge < -0.3 is 24.5 Å². The van der Waals surface area contributed by atoms with Crippen LogP contribution in [0.25, 0.3) is 0 Å². The van der Waals surface area contributed by atoms with Gasteiger partial charge in [-0.25, -0.2) is 4.79 Å². The maximum absolute atomic E-state index is 12.3. The molecule has 1 aromatic rings. The Bertz CT molecular complexity index is 598. The maximum Gasteiger partial charge on any atom is 0.317 e. The van der Waals surface area contributed by atoms with Crippen molar-refractivity contribution in [2.24, 2.45) is 5.92 Å². The molecular formula is C15H24N6O3. The van der Waals surface area contributed by atoms with E-state index in [1.165, 1.54) is 0 Å². The highest BCUT2D eigenvalue weighted by atomic mass is 16.5. The Kier molecular flexibility index (Phi) is 4.86. The van der Waals surface area contributed by atoms with Gasteiger partial charge in [-0.3, -0.25) is 4.79 Å². The second-order valence-electron chi connectivity index (χ2n) is 6.48. The molecule has 1 aliphatic heterocycles. The summed E-state index contributed by atoms with van der Waals surface area (Å²) in [6.45, 7) is 2.73. The molecule has 9 nitrogen and oxygen atoms in total. The summed E-state index contributed by atoms with van der Waals surface area (Å²) in [6.07, 6.45) is 2.83. The molecule has 24 heavy (non-hydrogen) atoms. The first-order valence-electron chi connectivity index (χ1n) is 8.36. The van der Waals surface area contributed by atoms with Crippen molar-refractivity contribution in [3.05, 3.63) is 5.89 Å². The number of rotatable bonds is 4. The van der Waals surface area contributed by atoms with Crippen molar-refractivity contribution in [3.8, 4) is 0 Å². The quantitative estimate of drug-likeness (QED) is 0.849. The van der Waals surface area contributed by atoms with Crippen molar-refractivity contribution >= 4 is 17.9 Å². The molecule has 3 rings (SSSR count). The Morgan fingerprint density at radius 2 is 1.92 bits per heavy atom. The van der Waals surface area contributed by atoms with Crippen LogP contribution in [0.1, 0.15) is 25.2 Å². The van der Waals surface area contributed by atoms with E-state index in [-0.39, 0.29) is 24.4 Å². The van der Waals surface area contributed by atoms with E-state index in [1.807, 2.05) is 19.0 Å². The van der Waals surface area contributed by atoms with Gasteiger partial charge in [0.1, 0.15) is 0 Å². The largest absolute Gasteiger partial charge is 0.344 e. The van der Waals surface area contributed by atoms with Crippen LogP contribution in [0, 0.1) is 5.92 Å². The molecule has 2 fully saturated rings. The third kappa shape index (κ3) is 3.95. The molecule has 1 saturated heterocycles. The van der Waals surface area contributed by atoms with Crippen molar-refractivity contribution in [1.29, 1.82) is 0 Å². The van der Waals surface area contributed by atoms with Crippen LogP contribution in [0.2, 0.25) is 0 Å². The molecule has 0 atom stereocenters. The Labute approximate surface area is 141 Å². The number of aromatic nitrogens is 2. The summed E-state index contributed by atoms with van der Waals surface area (Å²) in [5.74, 6) is 1.32. The van der Waals surface area contributed by atoms with Crippen molar-refractivity contribution in [2.45, 2.75) is 25.8 Å². The van der Waals surface area contributed by atoms with Crippen LogP contribution in [0.15, 0.2) is 4.52 Å². The summed E-state index contributed by atoms with van der Waals surface area (Å²) in [4.78, 5) is 34.0. The lowest BCUT2D eigenvalue weighted by Gasteiger charge is -2.22. The van der Waals surface area contributed by atoms with E-state index in [9.17, 15) is 9.59 Å². The molecule has 0 unspecified atom stereocenters. The second-order valence-corrected chi connectivity index (χ2v) is 6.48. The lowest BCUT2D eigenvalue weighted by Crippen LogP contribution is -2.42. The summed E-state index contributed by atoms with van der Waals surface area (Å²) < 4.78 is 5.08. The summed E-state index contributed by atoms with van der Waals surface area (Å²) in [5, 5.41) is 6.60. The molecule has 2 aliphatic rings. The van der Waals surface area contributed by atoms with Crippen LogP contribution in [0.3, 0.4) is 0 Å². The van der Waals surface area contributed by atoms with Gasteiger partial charge in [0.2, 0.25) is 11.8 Å². The van der Waals surface area contributed by atoms with Crippen molar-refractivity contribution < 1.29 is 14.1 Å². The molecule has 2 heterocycles. The van der Waals surface area contributed by atoms with Crippen LogP contribution in [-0.4, -0.2) is 72.2 Å². The van der Waals surface area contributed by atoms with Gasteiger partial charge in [0.25, 0.3) is 5.95 Å². The second kappa shape index (κ2) is 7.06. The number of anilines is 1. The highest BCUT2D eigenvalue weighted by Gasteiger charge is 2.34. The molecule has 3 amide bonds. The van der Waals surface area contributed by atoms with E-state index in [1.54, 1.807) is 9.80 Å². The highest BCUT2D eigenvalue weighted by Crippen LogP contribution is 2.31. The van der Waals surface area contributed by atoms with E-state index in [2.05, 4.69) is 15.5 Å². The van der Waals surface area contributed by atoms with E-state index >= 15 is 0 Å². The summed E-state index contributed by atoms with van der Waals surface area (Å²) in [6, 6.07) is -0.166. The number of amides is 3. The zero-order valence-corrected chi connectivity index (χ0v) is 14.2. The normalized spacial score (nSPS) is 18.2. The van der Waals surface area contributed by atoms with Crippen LogP contribution < -0.4 is 10.2 Å². The molecule has 0 aromatic carbocycles. The molecule has 1 N–H and O–H groups in total. The van der Waals surface area contributed by atoms with Gasteiger partial charge >= 0.3 is 6.03 Å². The maximum atomic E-state index is 12.3. The molecule has 0 bridgehead atoms. The first kappa shape index (κ1) is 16.5. The van der Waals surface area contributed by atoms with Crippen LogP contribution >= 0.6 is 0 Å². The molecule has 0 radical (unpaired) electrons. The number of carbonyl (C=O) groups excluding carboxylic acids is 2. The van der Waals surface area contributed by atoms with Gasteiger partial charge in [-0.05, 0) is 24.4 Å². The van der Waals surface area contributed by atoms with Crippen molar-refractivity contribution in [2.75, 3.05) is 45.2 Å². The predicted octanol–water partition coefficient (Wildman–Crippen LogP) is 0.290. The molecular weight excluding hydrogens is 312 g/mol. The number of hydrogen-bond donors (Lipinski definition) is 1. The van der Waals surface area contributed by atoms with Gasteiger partial charge in [-0.2, -0.15) is 4.98 Å². The zero-order chi connectivity index (χ0) is 17.1. The Balaban J connectivity index is 1.46. The smallest absolute Gasteiger partial charge is 0.317 e. The fourth-order valence-electron chi connectivity index (χ4n) is 2.69. The fourth-order valence-corrected chi connectivity index (χ4v) is 2.69. The molecule has 1 aromatic heterocycles. The number of urea groups is 1. The number of carbonyl (C=O) groups is 2. The van der Waals surface area contributed by atoms with Crippen molar-refractivity contribution in [3.63, 3.8) is 0 Å². The third-order valence-electron chi connectivity index (χ3n) is 4.27. The lowest BCUT2D eigenvalue weighted by atomic mass is 10.3. The van der Waals surface area contributed by atoms with E-state index < -0.39 is 0 Å². The standard InChI is InChI=1S/C15H24N6O3/c1-19(2)14-17-12(24-18-14)10-16-15(23)21-7-3-6-20(8-9-21)13(22)11-4-5-11/h11H,3-10H2,1-2H3,(H,16,23). The molecule has 1 saturated carbocycles. The van der Waals surface area contributed by atoms with Crippen molar-refractivity contribution in [1.82, 2.24) is 25.3 Å². The topological polar surface area (TPSA) is 94.8 Å². The Morgan fingerprint density at radius 1 is 1.21 bits per heavy atom. The first-order valence-corrected chi connectivity index (χ1v) is 8.36. The van der Waals surface area contributed by atoms with E-state index in [0.717, 1.165) is 25.8 Å². The van der Waals surface area contributed by atoms with Crippen LogP contribution in [0.5, 0.6) is 0 Å². The molecule has 1 aliphatic carbocycles. The highest BCUT2D eigenvalue weighted by molar-refractivity contribution is 5.81. The lowest BCUT2D eigenvalue weighted by molar-refractivity contribution is -0.132. The predicted molar refractivity (Wildman–Crippen MR) is 86.4 cm³/mol. The van der Waals surface area contributed by atoms with Gasteiger partial charge in [0, 0.05) is 46.2 Å². The zero-order valence-electron chi connectivity index (χ0n) is 14.2. The minimum absolute atomic E-state index is 0.166. The number of hydrogen-bond acceptors (Lipinski definition) is 6. The molecule has 9 heteroatoms. The SMILES string of the molecule is CN(C)c1noc(CNC(=O)N2CCCN(C(=O)C3CC3)CC2)n1. The van der Waals surface area contributed by atoms with Gasteiger partial charge in [0.15, 0.2) is 0 Å². The van der Waals surface area contributed by atoms with E-state index in [4.69, 9.17) is 4.52 Å². The molecule has 132 valence electrons. The van der Waals surface area contributed by atoms with Crippen LogP contribution in [-0.2, 0) is 11.3 Å². The summed E-state index contributed by atoms with van der Waals surface area (Å²) >= 11 is 0. The van der Waals surface area contributed by atoms with E-state index in [0.29, 0.717) is 31.5 Å². The third-order valence-corrected chi connectivity index (χ3v) is 4.27. The summed E-state index contributed by atoms with van der Waals surface area (Å²) in [5.41, 5.74) is 0. The Morgan fingerprint density at radius 3 is 2.58 bits per heavy atom. The summed E-state index contributed by atoms with van der Waals surface area (Å²) in [7, 11) is 3.64. The Hall–Kier alpha value is -2.32. The monoisotopic (exact) mass is 336 g/mol. The van der Waals surface area contributed by atoms with Gasteiger partial charge in [0.05, 0.1) is 6.54 Å². The first-order chi connectivity index (χ1) is 11.5. The number of nitrogens with zero attached hydrogens (tertiary/aromatic N) is 5. The molecule has 0 spiro atoms. The average Bonchev–Trinajstić information content (AvgIpc) is 3.34. The van der Waals surface area contributed by atoms with Gasteiger partial charge in [-0.1, -0.05) is 0 Å². The number of nitrogens with one attached hydrogen (secondary N) is 1. The van der Waals surface area contributed by atoms with Gasteiger partial charge in [-0.15, -0.1) is 0 Å². The van der Waals surface area contributed by atoms with Crippen LogP contribution in [0.4, 0.5) is 10.7 Å².